The fourth-order valence-corrected chi connectivity index (χ4v) is 1.99. The zero-order valence-electron chi connectivity index (χ0n) is 10.5. The number of nitrogens with zero attached hydrogens (tertiary/aromatic N) is 2. The quantitative estimate of drug-likeness (QED) is 0.716. The van der Waals surface area contributed by atoms with Crippen LogP contribution in [0.25, 0.3) is 0 Å². The molecule has 0 radical (unpaired) electrons. The van der Waals surface area contributed by atoms with Crippen molar-refractivity contribution in [1.82, 2.24) is 5.32 Å². The van der Waals surface area contributed by atoms with E-state index in [9.17, 15) is 0 Å². The predicted molar refractivity (Wildman–Crippen MR) is 66.7 cm³/mol. The van der Waals surface area contributed by atoms with Gasteiger partial charge in [-0.1, -0.05) is 0 Å². The maximum Gasteiger partial charge on any atom is 0.192 e. The Balaban J connectivity index is 2.21. The SMILES string of the molecule is CC(C)(C)[n+]1cccc(N2CCNCC2)c1. The molecule has 2 heterocycles. The number of pyridine rings is 1. The Morgan fingerprint density at radius 2 is 1.94 bits per heavy atom. The first-order valence-electron chi connectivity index (χ1n) is 6.05. The minimum Gasteiger partial charge on any atom is -0.364 e. The largest absolute Gasteiger partial charge is 0.364 e. The van der Waals surface area contributed by atoms with Gasteiger partial charge in [-0.2, -0.15) is 4.57 Å². The Bertz CT molecular complexity index is 348. The first-order valence-corrected chi connectivity index (χ1v) is 6.05. The Hall–Kier alpha value is -1.09. The van der Waals surface area contributed by atoms with E-state index in [1.807, 2.05) is 0 Å². The molecule has 1 N–H and O–H groups in total. The molecule has 88 valence electrons. The molecule has 0 saturated carbocycles. The average molecular weight is 220 g/mol. The minimum atomic E-state index is 0.157. The molecule has 0 unspecified atom stereocenters. The summed E-state index contributed by atoms with van der Waals surface area (Å²) < 4.78 is 2.28. The van der Waals surface area contributed by atoms with Crippen molar-refractivity contribution in [2.24, 2.45) is 0 Å². The van der Waals surface area contributed by atoms with Crippen LogP contribution in [0.1, 0.15) is 20.8 Å². The molecule has 1 fully saturated rings. The van der Waals surface area contributed by atoms with Gasteiger partial charge in [-0.05, 0) is 6.07 Å². The Morgan fingerprint density at radius 1 is 1.25 bits per heavy atom. The van der Waals surface area contributed by atoms with Gasteiger partial charge in [0.1, 0.15) is 5.69 Å². The molecular formula is C13H22N3+. The van der Waals surface area contributed by atoms with Gasteiger partial charge in [-0.25, -0.2) is 0 Å². The molecule has 1 aliphatic rings. The third-order valence-corrected chi connectivity index (χ3v) is 3.04. The summed E-state index contributed by atoms with van der Waals surface area (Å²) in [7, 11) is 0. The molecule has 3 heteroatoms. The highest BCUT2D eigenvalue weighted by Gasteiger charge is 2.22. The molecule has 1 aromatic heterocycles. The van der Waals surface area contributed by atoms with Crippen LogP contribution in [0.4, 0.5) is 5.69 Å². The van der Waals surface area contributed by atoms with E-state index in [0.717, 1.165) is 26.2 Å². The van der Waals surface area contributed by atoms with Crippen molar-refractivity contribution < 1.29 is 4.57 Å². The number of aromatic nitrogens is 1. The molecule has 0 spiro atoms. The number of rotatable bonds is 1. The lowest BCUT2D eigenvalue weighted by molar-refractivity contribution is -0.753. The van der Waals surface area contributed by atoms with E-state index in [0.29, 0.717) is 0 Å². The summed E-state index contributed by atoms with van der Waals surface area (Å²) in [5.74, 6) is 0. The maximum atomic E-state index is 3.38. The first kappa shape index (κ1) is 11.4. The molecule has 16 heavy (non-hydrogen) atoms. The maximum absolute atomic E-state index is 3.38. The van der Waals surface area contributed by atoms with E-state index in [2.05, 4.69) is 60.1 Å². The van der Waals surface area contributed by atoms with Gasteiger partial charge in [0.25, 0.3) is 0 Å². The molecule has 0 aliphatic carbocycles. The summed E-state index contributed by atoms with van der Waals surface area (Å²) in [6.07, 6.45) is 4.40. The molecule has 0 aromatic carbocycles. The first-order chi connectivity index (χ1) is 7.57. The lowest BCUT2D eigenvalue weighted by Crippen LogP contribution is -2.51. The third kappa shape index (κ3) is 2.53. The summed E-state index contributed by atoms with van der Waals surface area (Å²) in [6, 6.07) is 4.34. The lowest BCUT2D eigenvalue weighted by Gasteiger charge is -2.28. The van der Waals surface area contributed by atoms with Crippen molar-refractivity contribution in [1.29, 1.82) is 0 Å². The number of piperazine rings is 1. The van der Waals surface area contributed by atoms with E-state index >= 15 is 0 Å². The summed E-state index contributed by atoms with van der Waals surface area (Å²) in [4.78, 5) is 2.44. The molecule has 0 amide bonds. The Labute approximate surface area is 98.1 Å². The Morgan fingerprint density at radius 3 is 2.56 bits per heavy atom. The van der Waals surface area contributed by atoms with Crippen LogP contribution in [0, 0.1) is 0 Å². The van der Waals surface area contributed by atoms with Crippen LogP contribution in [-0.2, 0) is 5.54 Å². The van der Waals surface area contributed by atoms with Crippen LogP contribution < -0.4 is 14.8 Å². The van der Waals surface area contributed by atoms with Gasteiger partial charge in [0.05, 0.1) is 0 Å². The second-order valence-corrected chi connectivity index (χ2v) is 5.38. The van der Waals surface area contributed by atoms with E-state index in [4.69, 9.17) is 0 Å². The average Bonchev–Trinajstić information content (AvgIpc) is 2.29. The highest BCUT2D eigenvalue weighted by atomic mass is 15.2. The Kier molecular flexibility index (Phi) is 3.15. The van der Waals surface area contributed by atoms with Crippen molar-refractivity contribution in [2.45, 2.75) is 26.3 Å². The minimum absolute atomic E-state index is 0.157. The third-order valence-electron chi connectivity index (χ3n) is 3.04. The van der Waals surface area contributed by atoms with Gasteiger partial charge in [-0.3, -0.25) is 0 Å². The molecule has 0 atom stereocenters. The van der Waals surface area contributed by atoms with Crippen LogP contribution >= 0.6 is 0 Å². The van der Waals surface area contributed by atoms with E-state index in [1.54, 1.807) is 0 Å². The monoisotopic (exact) mass is 220 g/mol. The summed E-state index contributed by atoms with van der Waals surface area (Å²) in [6.45, 7) is 11.1. The highest BCUT2D eigenvalue weighted by molar-refractivity contribution is 5.42. The molecule has 1 saturated heterocycles. The predicted octanol–water partition coefficient (Wildman–Crippen LogP) is 1.14. The van der Waals surface area contributed by atoms with Crippen molar-refractivity contribution in [2.75, 3.05) is 31.1 Å². The summed E-state index contributed by atoms with van der Waals surface area (Å²) in [5, 5.41) is 3.38. The van der Waals surface area contributed by atoms with Crippen LogP contribution in [0.5, 0.6) is 0 Å². The van der Waals surface area contributed by atoms with Crippen LogP contribution in [0.3, 0.4) is 0 Å². The van der Waals surface area contributed by atoms with E-state index in [1.165, 1.54) is 5.69 Å². The summed E-state index contributed by atoms with van der Waals surface area (Å²) >= 11 is 0. The van der Waals surface area contributed by atoms with E-state index < -0.39 is 0 Å². The van der Waals surface area contributed by atoms with Gasteiger partial charge in [0.15, 0.2) is 17.9 Å². The smallest absolute Gasteiger partial charge is 0.192 e. The van der Waals surface area contributed by atoms with Crippen molar-refractivity contribution in [3.05, 3.63) is 24.5 Å². The second kappa shape index (κ2) is 4.42. The molecule has 3 nitrogen and oxygen atoms in total. The van der Waals surface area contributed by atoms with Crippen molar-refractivity contribution in [3.8, 4) is 0 Å². The van der Waals surface area contributed by atoms with Gasteiger partial charge >= 0.3 is 0 Å². The fraction of sp³-hybridized carbons (Fsp3) is 0.615. The summed E-state index contributed by atoms with van der Waals surface area (Å²) in [5.41, 5.74) is 1.49. The number of anilines is 1. The topological polar surface area (TPSA) is 19.1 Å². The van der Waals surface area contributed by atoms with Crippen LogP contribution in [-0.4, -0.2) is 26.2 Å². The van der Waals surface area contributed by atoms with Gasteiger partial charge in [-0.15, -0.1) is 0 Å². The standard InChI is InChI=1S/C13H22N3/c1-13(2,3)16-8-4-5-12(11-16)15-9-6-14-7-10-15/h4-5,8,11,14H,6-7,9-10H2,1-3H3/q+1. The zero-order chi connectivity index (χ0) is 11.6. The van der Waals surface area contributed by atoms with E-state index in [-0.39, 0.29) is 5.54 Å². The molecule has 2 rings (SSSR count). The zero-order valence-corrected chi connectivity index (χ0v) is 10.5. The normalized spacial score (nSPS) is 17.6. The van der Waals surface area contributed by atoms with Gasteiger partial charge in [0, 0.05) is 53.0 Å². The number of hydrogen-bond donors (Lipinski definition) is 1. The number of hydrogen-bond acceptors (Lipinski definition) is 2. The molecule has 0 bridgehead atoms. The van der Waals surface area contributed by atoms with Crippen molar-refractivity contribution in [3.63, 3.8) is 0 Å². The van der Waals surface area contributed by atoms with Gasteiger partial charge < -0.3 is 10.2 Å². The fourth-order valence-electron chi connectivity index (χ4n) is 1.99. The highest BCUT2D eigenvalue weighted by Crippen LogP contribution is 2.13. The van der Waals surface area contributed by atoms with Crippen molar-refractivity contribution >= 4 is 5.69 Å². The van der Waals surface area contributed by atoms with Crippen LogP contribution in [0.2, 0.25) is 0 Å². The molecular weight excluding hydrogens is 198 g/mol. The van der Waals surface area contributed by atoms with Gasteiger partial charge in [0.2, 0.25) is 0 Å². The van der Waals surface area contributed by atoms with Crippen LogP contribution in [0.15, 0.2) is 24.5 Å². The molecule has 1 aliphatic heterocycles. The second-order valence-electron chi connectivity index (χ2n) is 5.38. The number of nitrogens with one attached hydrogen (secondary N) is 1. The molecule has 1 aromatic rings. The lowest BCUT2D eigenvalue weighted by atomic mass is 10.1.